The SMILES string of the molecule is COCC(C)NC(=O)c1c[nH]c2ncc(C(=N)c3ccc(F)cc3NCc3cccnc3)nc12. The molecule has 0 saturated carbocycles. The number of ether oxygens (including phenoxy) is 1. The molecular weight excluding hydrogens is 437 g/mol. The molecule has 1 atom stereocenters. The Kier molecular flexibility index (Phi) is 6.88. The highest BCUT2D eigenvalue weighted by Gasteiger charge is 2.19. The first-order valence-electron chi connectivity index (χ1n) is 10.6. The Labute approximate surface area is 195 Å². The van der Waals surface area contributed by atoms with Gasteiger partial charge < -0.3 is 20.4 Å². The lowest BCUT2D eigenvalue weighted by molar-refractivity contribution is 0.0907. The fraction of sp³-hybridized carbons (Fsp3) is 0.208. The zero-order valence-corrected chi connectivity index (χ0v) is 18.7. The third-order valence-electron chi connectivity index (χ3n) is 5.13. The van der Waals surface area contributed by atoms with Crippen molar-refractivity contribution in [2.45, 2.75) is 19.5 Å². The van der Waals surface area contributed by atoms with Gasteiger partial charge in [-0.3, -0.25) is 15.2 Å². The van der Waals surface area contributed by atoms with Gasteiger partial charge in [0.1, 0.15) is 17.0 Å². The van der Waals surface area contributed by atoms with Gasteiger partial charge in [-0.05, 0) is 36.8 Å². The molecule has 9 nitrogen and oxygen atoms in total. The number of aromatic amines is 1. The van der Waals surface area contributed by atoms with Crippen LogP contribution in [0.3, 0.4) is 0 Å². The average molecular weight is 462 g/mol. The summed E-state index contributed by atoms with van der Waals surface area (Å²) in [7, 11) is 1.56. The second kappa shape index (κ2) is 10.2. The first kappa shape index (κ1) is 23.0. The maximum absolute atomic E-state index is 14.0. The summed E-state index contributed by atoms with van der Waals surface area (Å²) in [6.07, 6.45) is 6.37. The second-order valence-corrected chi connectivity index (χ2v) is 7.76. The molecule has 1 unspecified atom stereocenters. The number of halogens is 1. The van der Waals surface area contributed by atoms with E-state index >= 15 is 0 Å². The number of hydrogen-bond acceptors (Lipinski definition) is 7. The number of amides is 1. The Hall–Kier alpha value is -4.18. The molecule has 0 aliphatic heterocycles. The average Bonchev–Trinajstić information content (AvgIpc) is 3.26. The molecule has 0 radical (unpaired) electrons. The number of aromatic nitrogens is 4. The van der Waals surface area contributed by atoms with E-state index in [2.05, 4.69) is 30.6 Å². The number of anilines is 1. The lowest BCUT2D eigenvalue weighted by atomic mass is 10.0. The molecule has 10 heteroatoms. The van der Waals surface area contributed by atoms with Gasteiger partial charge in [-0.2, -0.15) is 0 Å². The summed E-state index contributed by atoms with van der Waals surface area (Å²) < 4.78 is 19.1. The van der Waals surface area contributed by atoms with Crippen LogP contribution in [0.5, 0.6) is 0 Å². The van der Waals surface area contributed by atoms with E-state index in [1.165, 1.54) is 30.6 Å². The van der Waals surface area contributed by atoms with Crippen molar-refractivity contribution < 1.29 is 13.9 Å². The van der Waals surface area contributed by atoms with E-state index in [0.717, 1.165) is 5.56 Å². The maximum Gasteiger partial charge on any atom is 0.255 e. The van der Waals surface area contributed by atoms with Crippen molar-refractivity contribution in [2.75, 3.05) is 19.0 Å². The summed E-state index contributed by atoms with van der Waals surface area (Å²) >= 11 is 0. The topological polar surface area (TPSA) is 129 Å². The molecule has 0 spiro atoms. The molecule has 0 aliphatic rings. The van der Waals surface area contributed by atoms with Crippen molar-refractivity contribution in [3.05, 3.63) is 83.3 Å². The zero-order valence-electron chi connectivity index (χ0n) is 18.7. The van der Waals surface area contributed by atoms with Crippen LogP contribution in [0, 0.1) is 11.2 Å². The number of rotatable bonds is 9. The molecule has 4 N–H and O–H groups in total. The first-order chi connectivity index (χ1) is 16.5. The van der Waals surface area contributed by atoms with Crippen molar-refractivity contribution in [1.29, 1.82) is 5.41 Å². The number of pyridine rings is 1. The molecule has 1 amide bonds. The van der Waals surface area contributed by atoms with E-state index in [-0.39, 0.29) is 23.4 Å². The quantitative estimate of drug-likeness (QED) is 0.283. The molecule has 4 aromatic rings. The van der Waals surface area contributed by atoms with Gasteiger partial charge in [0, 0.05) is 49.5 Å². The number of nitrogens with one attached hydrogen (secondary N) is 4. The van der Waals surface area contributed by atoms with Gasteiger partial charge in [-0.15, -0.1) is 0 Å². The smallest absolute Gasteiger partial charge is 0.255 e. The van der Waals surface area contributed by atoms with Gasteiger partial charge >= 0.3 is 0 Å². The number of H-pyrrole nitrogens is 1. The summed E-state index contributed by atoms with van der Waals surface area (Å²) in [6.45, 7) is 2.61. The predicted octanol–water partition coefficient (Wildman–Crippen LogP) is 3.28. The zero-order chi connectivity index (χ0) is 24.1. The monoisotopic (exact) mass is 461 g/mol. The van der Waals surface area contributed by atoms with Gasteiger partial charge in [0.05, 0.1) is 24.1 Å². The number of methoxy groups -OCH3 is 1. The maximum atomic E-state index is 14.0. The molecule has 34 heavy (non-hydrogen) atoms. The Morgan fingerprint density at radius 3 is 2.88 bits per heavy atom. The minimum atomic E-state index is -0.429. The summed E-state index contributed by atoms with van der Waals surface area (Å²) in [4.78, 5) is 28.6. The van der Waals surface area contributed by atoms with Crippen LogP contribution in [0.2, 0.25) is 0 Å². The van der Waals surface area contributed by atoms with Gasteiger partial charge in [-0.25, -0.2) is 14.4 Å². The van der Waals surface area contributed by atoms with Crippen LogP contribution in [0.15, 0.2) is 55.1 Å². The summed E-state index contributed by atoms with van der Waals surface area (Å²) in [6, 6.07) is 7.67. The van der Waals surface area contributed by atoms with Crippen LogP contribution in [0.1, 0.15) is 34.1 Å². The van der Waals surface area contributed by atoms with Crippen molar-refractivity contribution in [3.63, 3.8) is 0 Å². The summed E-state index contributed by atoms with van der Waals surface area (Å²) in [5.41, 5.74) is 3.19. The van der Waals surface area contributed by atoms with E-state index in [4.69, 9.17) is 10.1 Å². The van der Waals surface area contributed by atoms with E-state index in [9.17, 15) is 9.18 Å². The van der Waals surface area contributed by atoms with E-state index in [0.29, 0.717) is 41.1 Å². The molecule has 0 aliphatic carbocycles. The lowest BCUT2D eigenvalue weighted by Gasteiger charge is -2.13. The third-order valence-corrected chi connectivity index (χ3v) is 5.13. The molecule has 0 fully saturated rings. The van der Waals surface area contributed by atoms with E-state index < -0.39 is 5.82 Å². The fourth-order valence-electron chi connectivity index (χ4n) is 3.50. The van der Waals surface area contributed by atoms with Crippen molar-refractivity contribution >= 4 is 28.5 Å². The highest BCUT2D eigenvalue weighted by Crippen LogP contribution is 2.22. The number of carbonyl (C=O) groups is 1. The Bertz CT molecular complexity index is 1320. The molecule has 3 aromatic heterocycles. The van der Waals surface area contributed by atoms with Gasteiger partial charge in [0.25, 0.3) is 5.91 Å². The van der Waals surface area contributed by atoms with Gasteiger partial charge in [0.2, 0.25) is 0 Å². The summed E-state index contributed by atoms with van der Waals surface area (Å²) in [5.74, 6) is -0.754. The van der Waals surface area contributed by atoms with Crippen molar-refractivity contribution in [1.82, 2.24) is 25.3 Å². The van der Waals surface area contributed by atoms with Gasteiger partial charge in [-0.1, -0.05) is 6.07 Å². The predicted molar refractivity (Wildman–Crippen MR) is 127 cm³/mol. The van der Waals surface area contributed by atoms with Crippen LogP contribution in [-0.4, -0.2) is 51.3 Å². The molecule has 174 valence electrons. The normalized spacial score (nSPS) is 11.9. The molecule has 4 rings (SSSR count). The van der Waals surface area contributed by atoms with Gasteiger partial charge in [0.15, 0.2) is 5.65 Å². The minimum absolute atomic E-state index is 0.0448. The number of fused-ring (bicyclic) bond motifs is 1. The largest absolute Gasteiger partial charge is 0.383 e. The number of nitrogens with zero attached hydrogens (tertiary/aromatic N) is 3. The first-order valence-corrected chi connectivity index (χ1v) is 10.6. The van der Waals surface area contributed by atoms with Crippen LogP contribution < -0.4 is 10.6 Å². The standard InChI is InChI=1S/C24H24FN7O2/c1-14(13-34-2)31-24(33)18-11-29-23-22(18)32-20(12-30-23)21(26)17-6-5-16(25)8-19(17)28-10-15-4-3-7-27-9-15/h3-9,11-12,14,26,28H,10,13H2,1-2H3,(H,29,30)(H,31,33). The highest BCUT2D eigenvalue weighted by atomic mass is 19.1. The summed E-state index contributed by atoms with van der Waals surface area (Å²) in [5, 5.41) is 14.7. The number of carbonyl (C=O) groups excluding carboxylic acids is 1. The third kappa shape index (κ3) is 5.07. The molecule has 1 aromatic carbocycles. The molecular formula is C24H24FN7O2. The highest BCUT2D eigenvalue weighted by molar-refractivity contribution is 6.14. The van der Waals surface area contributed by atoms with Crippen LogP contribution in [0.4, 0.5) is 10.1 Å². The van der Waals surface area contributed by atoms with E-state index in [1.807, 2.05) is 19.1 Å². The van der Waals surface area contributed by atoms with Crippen LogP contribution in [0.25, 0.3) is 11.2 Å². The van der Waals surface area contributed by atoms with Crippen molar-refractivity contribution in [2.24, 2.45) is 0 Å². The second-order valence-electron chi connectivity index (χ2n) is 7.76. The Morgan fingerprint density at radius 2 is 2.12 bits per heavy atom. The van der Waals surface area contributed by atoms with Crippen LogP contribution >= 0.6 is 0 Å². The minimum Gasteiger partial charge on any atom is -0.383 e. The van der Waals surface area contributed by atoms with Crippen LogP contribution in [-0.2, 0) is 11.3 Å². The Morgan fingerprint density at radius 1 is 1.26 bits per heavy atom. The number of benzene rings is 1. The molecule has 3 heterocycles. The lowest BCUT2D eigenvalue weighted by Crippen LogP contribution is -2.35. The van der Waals surface area contributed by atoms with E-state index in [1.54, 1.807) is 19.5 Å². The van der Waals surface area contributed by atoms with Crippen molar-refractivity contribution in [3.8, 4) is 0 Å². The Balaban J connectivity index is 1.62. The molecule has 0 saturated heterocycles. The number of hydrogen-bond donors (Lipinski definition) is 4. The molecule has 0 bridgehead atoms. The fourth-order valence-corrected chi connectivity index (χ4v) is 3.50.